The van der Waals surface area contributed by atoms with Crippen LogP contribution in [0.25, 0.3) is 0 Å². The van der Waals surface area contributed by atoms with E-state index in [0.29, 0.717) is 11.3 Å². The van der Waals surface area contributed by atoms with Crippen molar-refractivity contribution in [1.82, 2.24) is 9.78 Å². The van der Waals surface area contributed by atoms with Crippen molar-refractivity contribution < 1.29 is 13.2 Å². The van der Waals surface area contributed by atoms with E-state index in [4.69, 9.17) is 16.9 Å². The molecule has 0 aliphatic rings. The highest BCUT2D eigenvalue weighted by Crippen LogP contribution is 2.28. The van der Waals surface area contributed by atoms with Crippen molar-refractivity contribution in [1.29, 1.82) is 5.26 Å². The van der Waals surface area contributed by atoms with E-state index in [0.717, 1.165) is 11.4 Å². The van der Waals surface area contributed by atoms with Gasteiger partial charge < -0.3 is 5.32 Å². The zero-order valence-electron chi connectivity index (χ0n) is 17.0. The van der Waals surface area contributed by atoms with Crippen LogP contribution in [0, 0.1) is 25.2 Å². The highest BCUT2D eigenvalue weighted by Gasteiger charge is 2.20. The number of sulfonamides is 1. The van der Waals surface area contributed by atoms with Gasteiger partial charge in [-0.2, -0.15) is 10.4 Å². The van der Waals surface area contributed by atoms with Gasteiger partial charge in [0.05, 0.1) is 38.6 Å². The first-order chi connectivity index (χ1) is 14.6. The van der Waals surface area contributed by atoms with Crippen LogP contribution in [0.1, 0.15) is 29.9 Å². The third kappa shape index (κ3) is 5.05. The maximum atomic E-state index is 12.6. The number of nitrogens with one attached hydrogen (secondary N) is 2. The molecule has 0 aliphatic carbocycles. The number of hydrogen-bond donors (Lipinski definition) is 2. The van der Waals surface area contributed by atoms with Gasteiger partial charge in [0.25, 0.3) is 10.0 Å². The van der Waals surface area contributed by atoms with Crippen molar-refractivity contribution in [3.63, 3.8) is 0 Å². The molecule has 10 heteroatoms. The van der Waals surface area contributed by atoms with Crippen molar-refractivity contribution in [3.8, 4) is 6.07 Å². The van der Waals surface area contributed by atoms with E-state index in [-0.39, 0.29) is 21.5 Å². The second-order valence-electron chi connectivity index (χ2n) is 6.97. The van der Waals surface area contributed by atoms with Crippen molar-refractivity contribution in [2.45, 2.75) is 31.7 Å². The fourth-order valence-corrected chi connectivity index (χ4v) is 4.27. The Morgan fingerprint density at radius 2 is 1.84 bits per heavy atom. The van der Waals surface area contributed by atoms with Crippen molar-refractivity contribution in [2.24, 2.45) is 0 Å². The molecule has 31 heavy (non-hydrogen) atoms. The molecule has 2 aromatic carbocycles. The van der Waals surface area contributed by atoms with Gasteiger partial charge in [-0.15, -0.1) is 0 Å². The Kier molecular flexibility index (Phi) is 6.34. The third-order valence-corrected chi connectivity index (χ3v) is 6.27. The first-order valence-electron chi connectivity index (χ1n) is 9.27. The molecule has 0 bridgehead atoms. The number of benzene rings is 2. The molecule has 1 amide bonds. The number of carbonyl (C=O) groups is 1. The van der Waals surface area contributed by atoms with Crippen LogP contribution < -0.4 is 10.0 Å². The molecule has 0 saturated carbocycles. The molecule has 1 aromatic heterocycles. The van der Waals surface area contributed by atoms with E-state index in [1.54, 1.807) is 11.6 Å². The van der Waals surface area contributed by atoms with Crippen LogP contribution in [0.3, 0.4) is 0 Å². The van der Waals surface area contributed by atoms with E-state index in [9.17, 15) is 13.2 Å². The second-order valence-corrected chi connectivity index (χ2v) is 9.06. The number of aromatic nitrogens is 2. The smallest absolute Gasteiger partial charge is 0.261 e. The first kappa shape index (κ1) is 22.3. The lowest BCUT2D eigenvalue weighted by Crippen LogP contribution is -2.25. The molecule has 3 rings (SSSR count). The summed E-state index contributed by atoms with van der Waals surface area (Å²) in [5.41, 5.74) is 2.62. The first-order valence-corrected chi connectivity index (χ1v) is 11.1. The predicted molar refractivity (Wildman–Crippen MR) is 118 cm³/mol. The lowest BCUT2D eigenvalue weighted by Gasteiger charge is -2.16. The molecule has 1 heterocycles. The molecule has 3 aromatic rings. The monoisotopic (exact) mass is 457 g/mol. The van der Waals surface area contributed by atoms with Gasteiger partial charge in [-0.25, -0.2) is 8.42 Å². The quantitative estimate of drug-likeness (QED) is 0.579. The number of nitriles is 1. The molecule has 1 atom stereocenters. The lowest BCUT2D eigenvalue weighted by atomic mass is 10.2. The minimum atomic E-state index is -3.86. The topological polar surface area (TPSA) is 117 Å². The summed E-state index contributed by atoms with van der Waals surface area (Å²) in [7, 11) is -3.86. The van der Waals surface area contributed by atoms with Crippen LogP contribution in [-0.2, 0) is 14.8 Å². The van der Waals surface area contributed by atoms with Gasteiger partial charge in [0.15, 0.2) is 0 Å². The summed E-state index contributed by atoms with van der Waals surface area (Å²) in [6, 6.07) is 13.2. The number of amides is 1. The van der Waals surface area contributed by atoms with Gasteiger partial charge in [-0.1, -0.05) is 11.6 Å². The predicted octanol–water partition coefficient (Wildman–Crippen LogP) is 4.03. The van der Waals surface area contributed by atoms with Gasteiger partial charge in [0, 0.05) is 5.69 Å². The molecule has 2 N–H and O–H groups in total. The van der Waals surface area contributed by atoms with Gasteiger partial charge in [0.1, 0.15) is 6.04 Å². The van der Waals surface area contributed by atoms with Crippen molar-refractivity contribution in [3.05, 3.63) is 70.5 Å². The normalized spacial score (nSPS) is 12.1. The average molecular weight is 458 g/mol. The summed E-state index contributed by atoms with van der Waals surface area (Å²) in [5, 5.41) is 16.1. The largest absolute Gasteiger partial charge is 0.323 e. The van der Waals surface area contributed by atoms with Crippen LogP contribution in [0.5, 0.6) is 0 Å². The lowest BCUT2D eigenvalue weighted by molar-refractivity contribution is -0.119. The SMILES string of the molecule is Cc1cc(C)n(C(C)C(=O)Nc2ccc(NS(=O)(=O)c3ccc(C#N)cc3)cc2Cl)n1. The highest BCUT2D eigenvalue weighted by atomic mass is 35.5. The molecule has 1 unspecified atom stereocenters. The minimum absolute atomic E-state index is 0.0127. The Labute approximate surface area is 185 Å². The number of hydrogen-bond acceptors (Lipinski definition) is 5. The number of aryl methyl sites for hydroxylation is 2. The van der Waals surface area contributed by atoms with Crippen LogP contribution in [0.4, 0.5) is 11.4 Å². The highest BCUT2D eigenvalue weighted by molar-refractivity contribution is 7.92. The van der Waals surface area contributed by atoms with Gasteiger partial charge in [-0.05, 0) is 69.3 Å². The minimum Gasteiger partial charge on any atom is -0.323 e. The number of rotatable bonds is 6. The standard InChI is InChI=1S/C21H20ClN5O3S/c1-13-10-14(2)27(25-13)15(3)21(28)24-20-9-6-17(11-19(20)22)26-31(29,30)18-7-4-16(12-23)5-8-18/h4-11,15,26H,1-3H3,(H,24,28). The maximum absolute atomic E-state index is 12.6. The van der Waals surface area contributed by atoms with Crippen LogP contribution in [-0.4, -0.2) is 24.1 Å². The van der Waals surface area contributed by atoms with E-state index in [1.807, 2.05) is 26.0 Å². The molecule has 0 spiro atoms. The molecule has 8 nitrogen and oxygen atoms in total. The van der Waals surface area contributed by atoms with Crippen molar-refractivity contribution in [2.75, 3.05) is 10.0 Å². The summed E-state index contributed by atoms with van der Waals surface area (Å²) in [5.74, 6) is -0.306. The van der Waals surface area contributed by atoms with Gasteiger partial charge in [0.2, 0.25) is 5.91 Å². The number of nitrogens with zero attached hydrogens (tertiary/aromatic N) is 3. The summed E-state index contributed by atoms with van der Waals surface area (Å²) in [4.78, 5) is 12.6. The van der Waals surface area contributed by atoms with E-state index < -0.39 is 16.1 Å². The average Bonchev–Trinajstić information content (AvgIpc) is 3.07. The van der Waals surface area contributed by atoms with E-state index in [1.165, 1.54) is 42.5 Å². The zero-order valence-corrected chi connectivity index (χ0v) is 18.6. The van der Waals surface area contributed by atoms with E-state index in [2.05, 4.69) is 15.1 Å². The molecule has 0 radical (unpaired) electrons. The van der Waals surface area contributed by atoms with Gasteiger partial charge in [-0.3, -0.25) is 14.2 Å². The summed E-state index contributed by atoms with van der Waals surface area (Å²) < 4.78 is 29.1. The molecule has 0 saturated heterocycles. The number of anilines is 2. The van der Waals surface area contributed by atoms with E-state index >= 15 is 0 Å². The van der Waals surface area contributed by atoms with Gasteiger partial charge >= 0.3 is 0 Å². The number of carbonyl (C=O) groups excluding carboxylic acids is 1. The molecular formula is C21H20ClN5O3S. The summed E-state index contributed by atoms with van der Waals surface area (Å²) in [6.07, 6.45) is 0. The second kappa shape index (κ2) is 8.79. The third-order valence-electron chi connectivity index (χ3n) is 4.56. The molecule has 0 fully saturated rings. The molecular weight excluding hydrogens is 438 g/mol. The zero-order chi connectivity index (χ0) is 22.8. The summed E-state index contributed by atoms with van der Waals surface area (Å²) >= 11 is 6.27. The Hall–Kier alpha value is -3.35. The Morgan fingerprint density at radius 1 is 1.16 bits per heavy atom. The van der Waals surface area contributed by atoms with Crippen LogP contribution >= 0.6 is 11.6 Å². The molecule has 160 valence electrons. The fourth-order valence-electron chi connectivity index (χ4n) is 2.99. The fraction of sp³-hybridized carbons (Fsp3) is 0.190. The van der Waals surface area contributed by atoms with Crippen LogP contribution in [0.15, 0.2) is 53.4 Å². The Bertz CT molecular complexity index is 1280. The maximum Gasteiger partial charge on any atom is 0.261 e. The Balaban J connectivity index is 1.74. The number of halogens is 1. The van der Waals surface area contributed by atoms with Crippen molar-refractivity contribution >= 4 is 38.9 Å². The Morgan fingerprint density at radius 3 is 2.39 bits per heavy atom. The summed E-state index contributed by atoms with van der Waals surface area (Å²) in [6.45, 7) is 5.44. The van der Waals surface area contributed by atoms with Crippen LogP contribution in [0.2, 0.25) is 5.02 Å². The molecule has 0 aliphatic heterocycles.